The Hall–Kier alpha value is -0.830. The van der Waals surface area contributed by atoms with Gasteiger partial charge in [-0.25, -0.2) is 4.98 Å². The Labute approximate surface area is 117 Å². The Morgan fingerprint density at radius 1 is 1.26 bits per heavy atom. The van der Waals surface area contributed by atoms with Crippen LogP contribution in [0.2, 0.25) is 0 Å². The predicted molar refractivity (Wildman–Crippen MR) is 78.1 cm³/mol. The molecule has 0 bridgehead atoms. The smallest absolute Gasteiger partial charge is 0.109 e. The first-order chi connectivity index (χ1) is 9.15. The largest absolute Gasteiger partial charge is 0.334 e. The summed E-state index contributed by atoms with van der Waals surface area (Å²) in [5.41, 5.74) is 1.33. The fourth-order valence-electron chi connectivity index (χ4n) is 3.69. The Balaban J connectivity index is 1.84. The van der Waals surface area contributed by atoms with Crippen molar-refractivity contribution in [2.45, 2.75) is 71.5 Å². The van der Waals surface area contributed by atoms with Crippen molar-refractivity contribution < 1.29 is 0 Å². The fraction of sp³-hybridized carbons (Fsp3) is 0.812. The number of imidazole rings is 1. The van der Waals surface area contributed by atoms with E-state index in [0.717, 1.165) is 18.9 Å². The molecule has 19 heavy (non-hydrogen) atoms. The van der Waals surface area contributed by atoms with Gasteiger partial charge in [-0.15, -0.1) is 0 Å². The van der Waals surface area contributed by atoms with Crippen LogP contribution in [0.25, 0.3) is 0 Å². The molecule has 1 saturated heterocycles. The highest BCUT2D eigenvalue weighted by Gasteiger charge is 2.29. The Bertz CT molecular complexity index is 435. The maximum atomic E-state index is 4.96. The summed E-state index contributed by atoms with van der Waals surface area (Å²) < 4.78 is 2.41. The quantitative estimate of drug-likeness (QED) is 0.813. The topological polar surface area (TPSA) is 21.1 Å². The van der Waals surface area contributed by atoms with Crippen LogP contribution in [-0.2, 0) is 13.0 Å². The molecule has 3 rings (SSSR count). The molecule has 3 heteroatoms. The van der Waals surface area contributed by atoms with Crippen LogP contribution in [0, 0.1) is 5.92 Å². The molecule has 1 aromatic heterocycles. The van der Waals surface area contributed by atoms with Crippen LogP contribution in [0.3, 0.4) is 0 Å². The van der Waals surface area contributed by atoms with Crippen molar-refractivity contribution in [2.75, 3.05) is 6.54 Å². The van der Waals surface area contributed by atoms with Gasteiger partial charge in [0, 0.05) is 25.2 Å². The molecule has 1 aromatic rings. The fourth-order valence-corrected chi connectivity index (χ4v) is 3.69. The molecule has 0 saturated carbocycles. The van der Waals surface area contributed by atoms with Crippen LogP contribution < -0.4 is 0 Å². The zero-order valence-corrected chi connectivity index (χ0v) is 12.6. The van der Waals surface area contributed by atoms with Crippen molar-refractivity contribution >= 4 is 0 Å². The minimum atomic E-state index is 0.558. The maximum Gasteiger partial charge on any atom is 0.109 e. The van der Waals surface area contributed by atoms with E-state index >= 15 is 0 Å². The predicted octanol–water partition coefficient (Wildman–Crippen LogP) is 3.40. The molecule has 0 amide bonds. The highest BCUT2D eigenvalue weighted by atomic mass is 15.2. The van der Waals surface area contributed by atoms with E-state index in [-0.39, 0.29) is 0 Å². The first kappa shape index (κ1) is 13.2. The van der Waals surface area contributed by atoms with Crippen molar-refractivity contribution in [1.29, 1.82) is 0 Å². The Morgan fingerprint density at radius 2 is 2.11 bits per heavy atom. The van der Waals surface area contributed by atoms with Crippen molar-refractivity contribution in [3.63, 3.8) is 0 Å². The first-order valence-corrected chi connectivity index (χ1v) is 7.97. The van der Waals surface area contributed by atoms with Gasteiger partial charge >= 0.3 is 0 Å². The van der Waals surface area contributed by atoms with E-state index in [1.807, 2.05) is 0 Å². The molecule has 2 aliphatic heterocycles. The van der Waals surface area contributed by atoms with Gasteiger partial charge in [0.1, 0.15) is 5.82 Å². The lowest BCUT2D eigenvalue weighted by atomic mass is 9.98. The summed E-state index contributed by atoms with van der Waals surface area (Å²) in [4.78, 5) is 7.60. The summed E-state index contributed by atoms with van der Waals surface area (Å²) in [5.74, 6) is 2.13. The lowest BCUT2D eigenvalue weighted by Gasteiger charge is -2.37. The minimum absolute atomic E-state index is 0.558. The van der Waals surface area contributed by atoms with Crippen molar-refractivity contribution in [3.8, 4) is 0 Å². The number of hydrogen-bond donors (Lipinski definition) is 0. The summed E-state index contributed by atoms with van der Waals surface area (Å²) >= 11 is 0. The van der Waals surface area contributed by atoms with Crippen molar-refractivity contribution in [2.24, 2.45) is 5.92 Å². The third-order valence-corrected chi connectivity index (χ3v) is 4.80. The lowest BCUT2D eigenvalue weighted by molar-refractivity contribution is 0.109. The van der Waals surface area contributed by atoms with Crippen LogP contribution >= 0.6 is 0 Å². The first-order valence-electron chi connectivity index (χ1n) is 7.97. The molecule has 3 heterocycles. The van der Waals surface area contributed by atoms with Crippen LogP contribution in [0.4, 0.5) is 0 Å². The van der Waals surface area contributed by atoms with E-state index in [0.29, 0.717) is 12.1 Å². The Kier molecular flexibility index (Phi) is 3.66. The molecule has 0 N–H and O–H groups in total. The van der Waals surface area contributed by atoms with Gasteiger partial charge in [-0.1, -0.05) is 13.3 Å². The van der Waals surface area contributed by atoms with Crippen LogP contribution in [-0.4, -0.2) is 27.0 Å². The van der Waals surface area contributed by atoms with E-state index in [1.54, 1.807) is 0 Å². The summed E-state index contributed by atoms with van der Waals surface area (Å²) in [6.45, 7) is 9.38. The summed E-state index contributed by atoms with van der Waals surface area (Å²) in [6, 6.07) is 1.19. The molecule has 0 spiro atoms. The van der Waals surface area contributed by atoms with E-state index in [9.17, 15) is 0 Å². The molecule has 2 atom stereocenters. The van der Waals surface area contributed by atoms with Crippen molar-refractivity contribution in [3.05, 3.63) is 17.7 Å². The Morgan fingerprint density at radius 3 is 2.89 bits per heavy atom. The number of aryl methyl sites for hydroxylation is 1. The number of nitrogens with zero attached hydrogens (tertiary/aromatic N) is 3. The average Bonchev–Trinajstić information content (AvgIpc) is 2.81. The highest BCUT2D eigenvalue weighted by molar-refractivity contribution is 5.12. The zero-order chi connectivity index (χ0) is 13.4. The van der Waals surface area contributed by atoms with Gasteiger partial charge in [0.15, 0.2) is 0 Å². The normalized spacial score (nSPS) is 28.6. The second-order valence-electron chi connectivity index (χ2n) is 6.72. The van der Waals surface area contributed by atoms with Gasteiger partial charge in [0.25, 0.3) is 0 Å². The minimum Gasteiger partial charge on any atom is -0.334 e. The van der Waals surface area contributed by atoms with E-state index < -0.39 is 0 Å². The lowest BCUT2D eigenvalue weighted by Crippen LogP contribution is -2.38. The molecule has 0 aromatic carbocycles. The molecule has 2 unspecified atom stereocenters. The summed E-state index contributed by atoms with van der Waals surface area (Å²) in [6.07, 6.45) is 8.79. The third-order valence-electron chi connectivity index (χ3n) is 4.80. The summed E-state index contributed by atoms with van der Waals surface area (Å²) in [5, 5.41) is 0. The molecule has 0 radical (unpaired) electrons. The van der Waals surface area contributed by atoms with E-state index in [4.69, 9.17) is 4.98 Å². The van der Waals surface area contributed by atoms with Gasteiger partial charge in [-0.3, -0.25) is 4.90 Å². The van der Waals surface area contributed by atoms with Gasteiger partial charge in [-0.2, -0.15) is 0 Å². The molecular formula is C16H27N3. The maximum absolute atomic E-state index is 4.96. The number of piperidine rings is 1. The average molecular weight is 261 g/mol. The number of fused-ring (bicyclic) bond motifs is 1. The van der Waals surface area contributed by atoms with Crippen LogP contribution in [0.1, 0.15) is 64.0 Å². The van der Waals surface area contributed by atoms with E-state index in [1.165, 1.54) is 43.7 Å². The molecule has 3 nitrogen and oxygen atoms in total. The number of likely N-dealkylation sites (tertiary alicyclic amines) is 1. The number of hydrogen-bond acceptors (Lipinski definition) is 2. The van der Waals surface area contributed by atoms with Gasteiger partial charge in [-0.05, 0) is 45.6 Å². The number of rotatable bonds is 2. The second-order valence-corrected chi connectivity index (χ2v) is 6.72. The van der Waals surface area contributed by atoms with Crippen molar-refractivity contribution in [1.82, 2.24) is 14.5 Å². The molecular weight excluding hydrogens is 234 g/mol. The van der Waals surface area contributed by atoms with Gasteiger partial charge in [0.2, 0.25) is 0 Å². The van der Waals surface area contributed by atoms with Gasteiger partial charge < -0.3 is 4.57 Å². The van der Waals surface area contributed by atoms with Crippen LogP contribution in [0.15, 0.2) is 6.20 Å². The standard InChI is InChI=1S/C16H27N3/c1-12(2)19-9-5-4-6-15(19)14-11-18-10-13(3)7-8-16(18)17-14/h11-13,15H,4-10H2,1-3H3. The van der Waals surface area contributed by atoms with E-state index in [2.05, 4.69) is 36.4 Å². The SMILES string of the molecule is CC1CCc2nc(C3CCCCN3C(C)C)cn2C1. The second kappa shape index (κ2) is 5.28. The van der Waals surface area contributed by atoms with Gasteiger partial charge in [0.05, 0.1) is 11.7 Å². The summed E-state index contributed by atoms with van der Waals surface area (Å²) in [7, 11) is 0. The molecule has 2 aliphatic rings. The highest BCUT2D eigenvalue weighted by Crippen LogP contribution is 2.33. The number of aromatic nitrogens is 2. The molecule has 1 fully saturated rings. The third kappa shape index (κ3) is 2.58. The molecule has 106 valence electrons. The zero-order valence-electron chi connectivity index (χ0n) is 12.6. The monoisotopic (exact) mass is 261 g/mol. The van der Waals surface area contributed by atoms with Crippen LogP contribution in [0.5, 0.6) is 0 Å². The molecule has 0 aliphatic carbocycles.